The standard InChI is InChI=1S/C13H24N2O3/c1-9-6-7-10(2)15(8-9)12(18)14(5)13(3,4)11(16)17/h9-10H,6-8H2,1-5H3,(H,16,17). The molecular weight excluding hydrogens is 232 g/mol. The zero-order chi connectivity index (χ0) is 14.1. The Hall–Kier alpha value is -1.26. The van der Waals surface area contributed by atoms with E-state index in [-0.39, 0.29) is 12.1 Å². The van der Waals surface area contributed by atoms with Gasteiger partial charge >= 0.3 is 12.0 Å². The predicted molar refractivity (Wildman–Crippen MR) is 69.4 cm³/mol. The van der Waals surface area contributed by atoms with Gasteiger partial charge in [0.15, 0.2) is 0 Å². The van der Waals surface area contributed by atoms with Crippen molar-refractivity contribution in [3.63, 3.8) is 0 Å². The number of likely N-dealkylation sites (N-methyl/N-ethyl adjacent to an activating group) is 1. The summed E-state index contributed by atoms with van der Waals surface area (Å²) in [5, 5.41) is 9.16. The Labute approximate surface area is 109 Å². The van der Waals surface area contributed by atoms with E-state index >= 15 is 0 Å². The third-order valence-corrected chi connectivity index (χ3v) is 4.01. The number of carbonyl (C=O) groups excluding carboxylic acids is 1. The van der Waals surface area contributed by atoms with Gasteiger partial charge in [-0.25, -0.2) is 9.59 Å². The monoisotopic (exact) mass is 256 g/mol. The SMILES string of the molecule is CC1CCC(C)N(C(=O)N(C)C(C)(C)C(=O)O)C1. The van der Waals surface area contributed by atoms with Crippen LogP contribution in [0.2, 0.25) is 0 Å². The molecule has 2 amide bonds. The minimum Gasteiger partial charge on any atom is -0.480 e. The smallest absolute Gasteiger partial charge is 0.329 e. The van der Waals surface area contributed by atoms with Crippen LogP contribution >= 0.6 is 0 Å². The van der Waals surface area contributed by atoms with Crippen molar-refractivity contribution in [2.75, 3.05) is 13.6 Å². The van der Waals surface area contributed by atoms with Crippen LogP contribution in [-0.2, 0) is 4.79 Å². The van der Waals surface area contributed by atoms with E-state index in [1.807, 2.05) is 6.92 Å². The molecule has 2 unspecified atom stereocenters. The lowest BCUT2D eigenvalue weighted by Crippen LogP contribution is -2.58. The molecule has 5 nitrogen and oxygen atoms in total. The van der Waals surface area contributed by atoms with Crippen molar-refractivity contribution in [2.45, 2.75) is 52.1 Å². The number of urea groups is 1. The Morgan fingerprint density at radius 3 is 2.33 bits per heavy atom. The molecule has 0 saturated carbocycles. The summed E-state index contributed by atoms with van der Waals surface area (Å²) in [4.78, 5) is 26.7. The van der Waals surface area contributed by atoms with Gasteiger partial charge in [-0.2, -0.15) is 0 Å². The molecule has 0 aromatic heterocycles. The highest BCUT2D eigenvalue weighted by Crippen LogP contribution is 2.24. The van der Waals surface area contributed by atoms with Crippen molar-refractivity contribution in [3.05, 3.63) is 0 Å². The molecule has 2 atom stereocenters. The number of carboxylic acids is 1. The number of hydrogen-bond donors (Lipinski definition) is 1. The van der Waals surface area contributed by atoms with Crippen LogP contribution in [0, 0.1) is 5.92 Å². The summed E-state index contributed by atoms with van der Waals surface area (Å²) >= 11 is 0. The Morgan fingerprint density at radius 1 is 1.28 bits per heavy atom. The Kier molecular flexibility index (Phi) is 4.24. The number of nitrogens with zero attached hydrogens (tertiary/aromatic N) is 2. The van der Waals surface area contributed by atoms with E-state index < -0.39 is 11.5 Å². The summed E-state index contributed by atoms with van der Waals surface area (Å²) in [7, 11) is 1.56. The summed E-state index contributed by atoms with van der Waals surface area (Å²) in [6.45, 7) is 7.94. The molecule has 1 saturated heterocycles. The number of aliphatic carboxylic acids is 1. The highest BCUT2D eigenvalue weighted by atomic mass is 16.4. The van der Waals surface area contributed by atoms with Crippen molar-refractivity contribution in [1.82, 2.24) is 9.80 Å². The van der Waals surface area contributed by atoms with E-state index in [4.69, 9.17) is 5.11 Å². The summed E-state index contributed by atoms with van der Waals surface area (Å²) in [6, 6.07) is -0.0119. The maximum Gasteiger partial charge on any atom is 0.329 e. The molecule has 0 bridgehead atoms. The summed E-state index contributed by atoms with van der Waals surface area (Å²) in [5.74, 6) is -0.512. The fourth-order valence-corrected chi connectivity index (χ4v) is 2.13. The van der Waals surface area contributed by atoms with Crippen molar-refractivity contribution >= 4 is 12.0 Å². The summed E-state index contributed by atoms with van der Waals surface area (Å²) in [5.41, 5.74) is -1.18. The highest BCUT2D eigenvalue weighted by molar-refractivity contribution is 5.85. The van der Waals surface area contributed by atoms with Gasteiger partial charge in [0, 0.05) is 19.6 Å². The first kappa shape index (κ1) is 14.8. The second-order valence-electron chi connectivity index (χ2n) is 5.89. The number of carbonyl (C=O) groups is 2. The van der Waals surface area contributed by atoms with Crippen LogP contribution in [0.1, 0.15) is 40.5 Å². The van der Waals surface area contributed by atoms with Gasteiger partial charge in [0.05, 0.1) is 0 Å². The van der Waals surface area contributed by atoms with E-state index in [1.54, 1.807) is 25.8 Å². The maximum absolute atomic E-state index is 12.4. The quantitative estimate of drug-likeness (QED) is 0.822. The molecular formula is C13H24N2O3. The van der Waals surface area contributed by atoms with Gasteiger partial charge in [0.1, 0.15) is 5.54 Å². The van der Waals surface area contributed by atoms with E-state index in [1.165, 1.54) is 4.90 Å². The summed E-state index contributed by atoms with van der Waals surface area (Å²) < 4.78 is 0. The Bertz CT molecular complexity index is 341. The molecule has 1 aliphatic heterocycles. The molecule has 104 valence electrons. The molecule has 1 heterocycles. The van der Waals surface area contributed by atoms with E-state index in [0.29, 0.717) is 12.5 Å². The molecule has 0 aromatic rings. The van der Waals surface area contributed by atoms with Gasteiger partial charge in [-0.05, 0) is 39.5 Å². The molecule has 1 rings (SSSR count). The normalized spacial score (nSPS) is 24.8. The first-order valence-electron chi connectivity index (χ1n) is 6.45. The van der Waals surface area contributed by atoms with Gasteiger partial charge in [-0.1, -0.05) is 6.92 Å². The van der Waals surface area contributed by atoms with Gasteiger partial charge < -0.3 is 14.9 Å². The minimum atomic E-state index is -1.18. The number of rotatable bonds is 2. The number of likely N-dealkylation sites (tertiary alicyclic amines) is 1. The lowest BCUT2D eigenvalue weighted by atomic mass is 9.95. The average Bonchev–Trinajstić information content (AvgIpc) is 2.30. The van der Waals surface area contributed by atoms with Gasteiger partial charge in [-0.15, -0.1) is 0 Å². The van der Waals surface area contributed by atoms with Crippen LogP contribution in [0.5, 0.6) is 0 Å². The lowest BCUT2D eigenvalue weighted by Gasteiger charge is -2.42. The molecule has 1 N–H and O–H groups in total. The zero-order valence-electron chi connectivity index (χ0n) is 11.9. The van der Waals surface area contributed by atoms with Crippen molar-refractivity contribution in [2.24, 2.45) is 5.92 Å². The molecule has 1 fully saturated rings. The third kappa shape index (κ3) is 2.76. The predicted octanol–water partition coefficient (Wildman–Crippen LogP) is 2.02. The third-order valence-electron chi connectivity index (χ3n) is 4.01. The van der Waals surface area contributed by atoms with Gasteiger partial charge in [0.2, 0.25) is 0 Å². The molecule has 5 heteroatoms. The van der Waals surface area contributed by atoms with Crippen molar-refractivity contribution < 1.29 is 14.7 Å². The lowest BCUT2D eigenvalue weighted by molar-refractivity contribution is -0.147. The molecule has 0 spiro atoms. The first-order chi connectivity index (χ1) is 8.17. The van der Waals surface area contributed by atoms with E-state index in [9.17, 15) is 9.59 Å². The van der Waals surface area contributed by atoms with E-state index in [0.717, 1.165) is 12.8 Å². The molecule has 0 radical (unpaired) electrons. The number of amides is 2. The van der Waals surface area contributed by atoms with Gasteiger partial charge in [0.25, 0.3) is 0 Å². The van der Waals surface area contributed by atoms with Crippen LogP contribution in [0.4, 0.5) is 4.79 Å². The Balaban J connectivity index is 2.83. The van der Waals surface area contributed by atoms with Crippen LogP contribution in [0.15, 0.2) is 0 Å². The van der Waals surface area contributed by atoms with Crippen molar-refractivity contribution in [1.29, 1.82) is 0 Å². The second kappa shape index (κ2) is 5.16. The zero-order valence-corrected chi connectivity index (χ0v) is 11.9. The molecule has 1 aliphatic rings. The van der Waals surface area contributed by atoms with Gasteiger partial charge in [-0.3, -0.25) is 0 Å². The number of hydrogen-bond acceptors (Lipinski definition) is 2. The van der Waals surface area contributed by atoms with Crippen LogP contribution in [0.25, 0.3) is 0 Å². The second-order valence-corrected chi connectivity index (χ2v) is 5.89. The highest BCUT2D eigenvalue weighted by Gasteiger charge is 2.39. The van der Waals surface area contributed by atoms with Crippen molar-refractivity contribution in [3.8, 4) is 0 Å². The van der Waals surface area contributed by atoms with E-state index in [2.05, 4.69) is 6.92 Å². The molecule has 18 heavy (non-hydrogen) atoms. The first-order valence-corrected chi connectivity index (χ1v) is 6.45. The topological polar surface area (TPSA) is 60.9 Å². The number of piperidine rings is 1. The average molecular weight is 256 g/mol. The fraction of sp³-hybridized carbons (Fsp3) is 0.846. The largest absolute Gasteiger partial charge is 0.480 e. The number of carboxylic acid groups (broad SMARTS) is 1. The fourth-order valence-electron chi connectivity index (χ4n) is 2.13. The minimum absolute atomic E-state index is 0.181. The van der Waals surface area contributed by atoms with Crippen LogP contribution in [-0.4, -0.2) is 52.1 Å². The summed E-state index contributed by atoms with van der Waals surface area (Å²) in [6.07, 6.45) is 2.10. The van der Waals surface area contributed by atoms with Crippen LogP contribution < -0.4 is 0 Å². The molecule has 0 aliphatic carbocycles. The molecule has 0 aromatic carbocycles. The van der Waals surface area contributed by atoms with Crippen LogP contribution in [0.3, 0.4) is 0 Å². The maximum atomic E-state index is 12.4. The Morgan fingerprint density at radius 2 is 1.83 bits per heavy atom.